The van der Waals surface area contributed by atoms with Crippen LogP contribution in [0, 0.1) is 12.8 Å². The topological polar surface area (TPSA) is 24.1 Å². The number of nitrogens with one attached hydrogen (secondary N) is 2. The van der Waals surface area contributed by atoms with E-state index in [9.17, 15) is 0 Å². The van der Waals surface area contributed by atoms with E-state index in [4.69, 9.17) is 23.8 Å². The molecule has 104 valence electrons. The van der Waals surface area contributed by atoms with Crippen molar-refractivity contribution < 1.29 is 0 Å². The molecule has 0 bridgehead atoms. The molecular weight excluding hydrogens is 276 g/mol. The van der Waals surface area contributed by atoms with Crippen LogP contribution in [0.25, 0.3) is 0 Å². The molecule has 4 heteroatoms. The Labute approximate surface area is 125 Å². The molecule has 19 heavy (non-hydrogen) atoms. The molecule has 1 aliphatic rings. The molecule has 0 heterocycles. The van der Waals surface area contributed by atoms with Gasteiger partial charge < -0.3 is 10.6 Å². The van der Waals surface area contributed by atoms with E-state index >= 15 is 0 Å². The van der Waals surface area contributed by atoms with Gasteiger partial charge in [-0.2, -0.15) is 0 Å². The first-order valence-corrected chi connectivity index (χ1v) is 7.68. The summed E-state index contributed by atoms with van der Waals surface area (Å²) in [5, 5.41) is 8.18. The Balaban J connectivity index is 1.93. The Morgan fingerprint density at radius 2 is 2.05 bits per heavy atom. The lowest BCUT2D eigenvalue weighted by atomic mass is 9.86. The van der Waals surface area contributed by atoms with Gasteiger partial charge in [0.2, 0.25) is 0 Å². The molecule has 0 radical (unpaired) electrons. The molecule has 1 fully saturated rings. The van der Waals surface area contributed by atoms with Gasteiger partial charge in [0.05, 0.1) is 0 Å². The van der Waals surface area contributed by atoms with Crippen LogP contribution in [-0.2, 0) is 0 Å². The lowest BCUT2D eigenvalue weighted by molar-refractivity contribution is 0.309. The monoisotopic (exact) mass is 296 g/mol. The summed E-state index contributed by atoms with van der Waals surface area (Å²) >= 11 is 11.4. The summed E-state index contributed by atoms with van der Waals surface area (Å²) in [6.07, 6.45) is 5.14. The molecule has 2 atom stereocenters. The van der Waals surface area contributed by atoms with E-state index in [-0.39, 0.29) is 0 Å². The van der Waals surface area contributed by atoms with Gasteiger partial charge in [0.15, 0.2) is 5.11 Å². The third kappa shape index (κ3) is 4.08. The summed E-state index contributed by atoms with van der Waals surface area (Å²) in [6.45, 7) is 4.33. The van der Waals surface area contributed by atoms with Gasteiger partial charge in [-0.3, -0.25) is 0 Å². The first kappa shape index (κ1) is 14.6. The summed E-state index contributed by atoms with van der Waals surface area (Å²) in [5.74, 6) is 0.694. The number of thiocarbonyl (C=S) groups is 1. The lowest BCUT2D eigenvalue weighted by Crippen LogP contribution is -2.43. The van der Waals surface area contributed by atoms with E-state index in [1.54, 1.807) is 0 Å². The second kappa shape index (κ2) is 6.58. The molecule has 0 amide bonds. The number of hydrogen-bond donors (Lipinski definition) is 2. The minimum Gasteiger partial charge on any atom is -0.359 e. The maximum atomic E-state index is 5.95. The van der Waals surface area contributed by atoms with Crippen LogP contribution in [0.15, 0.2) is 18.2 Å². The molecule has 2 nitrogen and oxygen atoms in total. The first-order chi connectivity index (χ1) is 9.06. The zero-order chi connectivity index (χ0) is 13.8. The highest BCUT2D eigenvalue weighted by molar-refractivity contribution is 7.80. The Kier molecular flexibility index (Phi) is 5.06. The van der Waals surface area contributed by atoms with Crippen LogP contribution < -0.4 is 10.6 Å². The van der Waals surface area contributed by atoms with Gasteiger partial charge in [-0.1, -0.05) is 31.4 Å². The molecule has 1 aromatic rings. The predicted molar refractivity (Wildman–Crippen MR) is 87.0 cm³/mol. The van der Waals surface area contributed by atoms with Gasteiger partial charge in [0.25, 0.3) is 0 Å². The van der Waals surface area contributed by atoms with E-state index in [0.29, 0.717) is 17.1 Å². The van der Waals surface area contributed by atoms with E-state index in [0.717, 1.165) is 16.3 Å². The number of anilines is 1. The molecule has 0 saturated heterocycles. The first-order valence-electron chi connectivity index (χ1n) is 6.90. The Morgan fingerprint density at radius 3 is 2.74 bits per heavy atom. The maximum Gasteiger partial charge on any atom is 0.171 e. The van der Waals surface area contributed by atoms with Gasteiger partial charge >= 0.3 is 0 Å². The van der Waals surface area contributed by atoms with Crippen molar-refractivity contribution in [2.75, 3.05) is 5.32 Å². The fourth-order valence-corrected chi connectivity index (χ4v) is 3.11. The van der Waals surface area contributed by atoms with Gasteiger partial charge in [0, 0.05) is 16.8 Å². The standard InChI is InChI=1S/C15H21ClN2S/c1-10-5-3-4-6-13(10)17-15(19)18-14-8-7-12(16)9-11(14)2/h7-10,13H,3-6H2,1-2H3,(H2,17,18,19)/t10-,13-/m0/s1. The van der Waals surface area contributed by atoms with Crippen molar-refractivity contribution in [3.63, 3.8) is 0 Å². The average molecular weight is 297 g/mol. The molecule has 1 saturated carbocycles. The molecule has 1 aliphatic carbocycles. The summed E-state index contributed by atoms with van der Waals surface area (Å²) in [6, 6.07) is 6.29. The highest BCUT2D eigenvalue weighted by Crippen LogP contribution is 2.24. The van der Waals surface area contributed by atoms with Crippen molar-refractivity contribution >= 4 is 34.6 Å². The minimum absolute atomic E-state index is 0.501. The number of hydrogen-bond acceptors (Lipinski definition) is 1. The zero-order valence-electron chi connectivity index (χ0n) is 11.5. The van der Waals surface area contributed by atoms with Crippen LogP contribution in [0.3, 0.4) is 0 Å². The normalized spacial score (nSPS) is 22.9. The Hall–Kier alpha value is -0.800. The molecule has 0 unspecified atom stereocenters. The summed E-state index contributed by atoms with van der Waals surface area (Å²) < 4.78 is 0. The molecule has 0 spiro atoms. The predicted octanol–water partition coefficient (Wildman–Crippen LogP) is 4.51. The van der Waals surface area contributed by atoms with Crippen LogP contribution in [0.5, 0.6) is 0 Å². The molecular formula is C15H21ClN2S. The number of aryl methyl sites for hydroxylation is 1. The fraction of sp³-hybridized carbons (Fsp3) is 0.533. The van der Waals surface area contributed by atoms with Crippen molar-refractivity contribution in [3.8, 4) is 0 Å². The highest BCUT2D eigenvalue weighted by atomic mass is 35.5. The average Bonchev–Trinajstić information content (AvgIpc) is 2.36. The van der Waals surface area contributed by atoms with Crippen molar-refractivity contribution in [2.24, 2.45) is 5.92 Å². The van der Waals surface area contributed by atoms with Crippen molar-refractivity contribution in [3.05, 3.63) is 28.8 Å². The van der Waals surface area contributed by atoms with E-state index in [1.807, 2.05) is 25.1 Å². The maximum absolute atomic E-state index is 5.95. The minimum atomic E-state index is 0.501. The molecule has 0 aromatic heterocycles. The second-order valence-corrected chi connectivity index (χ2v) is 6.27. The van der Waals surface area contributed by atoms with Crippen LogP contribution in [0.1, 0.15) is 38.2 Å². The van der Waals surface area contributed by atoms with Crippen molar-refractivity contribution in [1.29, 1.82) is 0 Å². The van der Waals surface area contributed by atoms with Crippen LogP contribution >= 0.6 is 23.8 Å². The van der Waals surface area contributed by atoms with Crippen molar-refractivity contribution in [1.82, 2.24) is 5.32 Å². The van der Waals surface area contributed by atoms with Gasteiger partial charge in [0.1, 0.15) is 0 Å². The van der Waals surface area contributed by atoms with Gasteiger partial charge in [-0.05, 0) is 61.7 Å². The van der Waals surface area contributed by atoms with Gasteiger partial charge in [-0.15, -0.1) is 0 Å². The zero-order valence-corrected chi connectivity index (χ0v) is 13.1. The van der Waals surface area contributed by atoms with E-state index in [1.165, 1.54) is 25.7 Å². The summed E-state index contributed by atoms with van der Waals surface area (Å²) in [7, 11) is 0. The number of rotatable bonds is 2. The Morgan fingerprint density at radius 1 is 1.32 bits per heavy atom. The lowest BCUT2D eigenvalue weighted by Gasteiger charge is -2.30. The molecule has 2 N–H and O–H groups in total. The quantitative estimate of drug-likeness (QED) is 0.785. The Bertz CT molecular complexity index is 461. The fourth-order valence-electron chi connectivity index (χ4n) is 2.62. The van der Waals surface area contributed by atoms with E-state index in [2.05, 4.69) is 17.6 Å². The van der Waals surface area contributed by atoms with Crippen molar-refractivity contribution in [2.45, 2.75) is 45.6 Å². The second-order valence-electron chi connectivity index (χ2n) is 5.43. The SMILES string of the molecule is Cc1cc(Cl)ccc1NC(=S)N[C@H]1CCCC[C@@H]1C. The van der Waals surface area contributed by atoms with E-state index < -0.39 is 0 Å². The third-order valence-electron chi connectivity index (χ3n) is 3.86. The molecule has 2 rings (SSSR count). The summed E-state index contributed by atoms with van der Waals surface area (Å²) in [4.78, 5) is 0. The number of benzene rings is 1. The van der Waals surface area contributed by atoms with Crippen LogP contribution in [0.4, 0.5) is 5.69 Å². The third-order valence-corrected chi connectivity index (χ3v) is 4.32. The largest absolute Gasteiger partial charge is 0.359 e. The van der Waals surface area contributed by atoms with Crippen LogP contribution in [-0.4, -0.2) is 11.2 Å². The van der Waals surface area contributed by atoms with Gasteiger partial charge in [-0.25, -0.2) is 0 Å². The highest BCUT2D eigenvalue weighted by Gasteiger charge is 2.21. The smallest absolute Gasteiger partial charge is 0.171 e. The van der Waals surface area contributed by atoms with Crippen LogP contribution in [0.2, 0.25) is 5.02 Å². The number of halogens is 1. The molecule has 0 aliphatic heterocycles. The molecule has 1 aromatic carbocycles. The summed E-state index contributed by atoms with van der Waals surface area (Å²) in [5.41, 5.74) is 2.12.